The topological polar surface area (TPSA) is 44.4 Å². The van der Waals surface area contributed by atoms with Crippen molar-refractivity contribution < 1.29 is 4.79 Å². The molecule has 0 bridgehead atoms. The Morgan fingerprint density at radius 3 is 2.56 bits per heavy atom. The van der Waals surface area contributed by atoms with Crippen molar-refractivity contribution in [2.24, 2.45) is 5.92 Å². The number of rotatable bonds is 8. The second-order valence-electron chi connectivity index (χ2n) is 5.61. The molecule has 0 saturated carbocycles. The maximum absolute atomic E-state index is 11.5. The van der Waals surface area contributed by atoms with Crippen LogP contribution < -0.4 is 10.6 Å². The first-order chi connectivity index (χ1) is 8.68. The summed E-state index contributed by atoms with van der Waals surface area (Å²) in [5, 5.41) is 6.15. The van der Waals surface area contributed by atoms with Gasteiger partial charge in [-0.05, 0) is 38.3 Å². The average molecular weight is 255 g/mol. The summed E-state index contributed by atoms with van der Waals surface area (Å²) in [6.07, 6.45) is 5.09. The number of piperidine rings is 1. The minimum Gasteiger partial charge on any atom is -0.355 e. The largest absolute Gasteiger partial charge is 0.355 e. The normalized spacial score (nSPS) is 17.1. The lowest BCUT2D eigenvalue weighted by atomic mass is 10.1. The quantitative estimate of drug-likeness (QED) is 0.641. The minimum absolute atomic E-state index is 0.120. The first kappa shape index (κ1) is 15.4. The zero-order chi connectivity index (χ0) is 13.2. The number of likely N-dealkylation sites (tertiary alicyclic amines) is 1. The number of amides is 1. The van der Waals surface area contributed by atoms with Crippen molar-refractivity contribution in [3.63, 3.8) is 0 Å². The summed E-state index contributed by atoms with van der Waals surface area (Å²) in [4.78, 5) is 14.0. The summed E-state index contributed by atoms with van der Waals surface area (Å²) in [5.74, 6) is 0.770. The van der Waals surface area contributed by atoms with Gasteiger partial charge in [0, 0.05) is 19.6 Å². The van der Waals surface area contributed by atoms with Gasteiger partial charge in [0.2, 0.25) is 5.91 Å². The van der Waals surface area contributed by atoms with Gasteiger partial charge < -0.3 is 15.5 Å². The fraction of sp³-hybridized carbons (Fsp3) is 0.929. The average Bonchev–Trinajstić information content (AvgIpc) is 2.35. The molecule has 0 aromatic heterocycles. The molecule has 0 atom stereocenters. The summed E-state index contributed by atoms with van der Waals surface area (Å²) < 4.78 is 0. The second-order valence-corrected chi connectivity index (χ2v) is 5.61. The van der Waals surface area contributed by atoms with Crippen LogP contribution in [0.1, 0.15) is 39.5 Å². The van der Waals surface area contributed by atoms with Crippen LogP contribution in [0.3, 0.4) is 0 Å². The zero-order valence-electron chi connectivity index (χ0n) is 12.0. The highest BCUT2D eigenvalue weighted by Gasteiger charge is 2.09. The van der Waals surface area contributed by atoms with E-state index in [1.807, 2.05) is 0 Å². The molecule has 1 aliphatic rings. The minimum atomic E-state index is 0.120. The van der Waals surface area contributed by atoms with Crippen molar-refractivity contribution in [2.45, 2.75) is 39.5 Å². The molecule has 1 rings (SSSR count). The highest BCUT2D eigenvalue weighted by Crippen LogP contribution is 2.07. The fourth-order valence-electron chi connectivity index (χ4n) is 2.18. The van der Waals surface area contributed by atoms with Crippen molar-refractivity contribution in [3.8, 4) is 0 Å². The van der Waals surface area contributed by atoms with E-state index in [4.69, 9.17) is 0 Å². The van der Waals surface area contributed by atoms with Crippen LogP contribution >= 0.6 is 0 Å². The predicted octanol–water partition coefficient (Wildman–Crippen LogP) is 1.22. The van der Waals surface area contributed by atoms with E-state index in [0.29, 0.717) is 12.5 Å². The molecule has 1 amide bonds. The van der Waals surface area contributed by atoms with E-state index in [-0.39, 0.29) is 5.91 Å². The molecule has 4 nitrogen and oxygen atoms in total. The molecule has 4 heteroatoms. The number of carbonyl (C=O) groups is 1. The lowest BCUT2D eigenvalue weighted by Crippen LogP contribution is -2.40. The molecule has 0 aromatic rings. The third-order valence-electron chi connectivity index (χ3n) is 3.38. The molecular weight excluding hydrogens is 226 g/mol. The summed E-state index contributed by atoms with van der Waals surface area (Å²) >= 11 is 0. The first-order valence-electron chi connectivity index (χ1n) is 7.38. The summed E-state index contributed by atoms with van der Waals surface area (Å²) in [6.45, 7) is 10.0. The molecule has 0 spiro atoms. The molecule has 0 radical (unpaired) electrons. The lowest BCUT2D eigenvalue weighted by molar-refractivity contribution is -0.120. The monoisotopic (exact) mass is 255 g/mol. The molecule has 0 aromatic carbocycles. The Bertz CT molecular complexity index is 225. The van der Waals surface area contributed by atoms with Crippen LogP contribution in [-0.4, -0.2) is 50.1 Å². The van der Waals surface area contributed by atoms with E-state index in [1.54, 1.807) is 0 Å². The van der Waals surface area contributed by atoms with Crippen molar-refractivity contribution in [1.29, 1.82) is 0 Å². The molecule has 0 aliphatic carbocycles. The van der Waals surface area contributed by atoms with Gasteiger partial charge in [0.05, 0.1) is 6.54 Å². The molecule has 1 aliphatic heterocycles. The van der Waals surface area contributed by atoms with Gasteiger partial charge in [-0.25, -0.2) is 0 Å². The highest BCUT2D eigenvalue weighted by molar-refractivity contribution is 5.77. The van der Waals surface area contributed by atoms with E-state index in [2.05, 4.69) is 29.4 Å². The van der Waals surface area contributed by atoms with Gasteiger partial charge in [-0.2, -0.15) is 0 Å². The Labute approximate surface area is 111 Å². The Balaban J connectivity index is 1.91. The number of hydrogen-bond acceptors (Lipinski definition) is 3. The van der Waals surface area contributed by atoms with E-state index in [1.165, 1.54) is 32.4 Å². The van der Waals surface area contributed by atoms with Gasteiger partial charge in [-0.3, -0.25) is 4.79 Å². The van der Waals surface area contributed by atoms with E-state index in [0.717, 1.165) is 26.1 Å². The Morgan fingerprint density at radius 1 is 1.17 bits per heavy atom. The lowest BCUT2D eigenvalue weighted by Gasteiger charge is -2.26. The van der Waals surface area contributed by atoms with Crippen LogP contribution in [0.5, 0.6) is 0 Å². The van der Waals surface area contributed by atoms with E-state index < -0.39 is 0 Å². The first-order valence-corrected chi connectivity index (χ1v) is 7.38. The summed E-state index contributed by atoms with van der Waals surface area (Å²) in [5.41, 5.74) is 0. The van der Waals surface area contributed by atoms with Crippen molar-refractivity contribution in [2.75, 3.05) is 39.3 Å². The van der Waals surface area contributed by atoms with Crippen LogP contribution in [0.4, 0.5) is 0 Å². The molecule has 106 valence electrons. The van der Waals surface area contributed by atoms with Gasteiger partial charge >= 0.3 is 0 Å². The smallest absolute Gasteiger partial charge is 0.233 e. The Morgan fingerprint density at radius 2 is 1.89 bits per heavy atom. The number of nitrogens with zero attached hydrogens (tertiary/aromatic N) is 1. The van der Waals surface area contributed by atoms with E-state index in [9.17, 15) is 4.79 Å². The third kappa shape index (κ3) is 7.67. The zero-order valence-corrected chi connectivity index (χ0v) is 12.0. The molecule has 1 saturated heterocycles. The van der Waals surface area contributed by atoms with Crippen LogP contribution in [0.2, 0.25) is 0 Å². The van der Waals surface area contributed by atoms with Gasteiger partial charge in [-0.15, -0.1) is 0 Å². The van der Waals surface area contributed by atoms with Gasteiger partial charge in [-0.1, -0.05) is 20.3 Å². The number of carbonyl (C=O) groups excluding carboxylic acids is 1. The number of hydrogen-bond donors (Lipinski definition) is 2. The van der Waals surface area contributed by atoms with Crippen LogP contribution in [0.25, 0.3) is 0 Å². The molecule has 0 unspecified atom stereocenters. The Kier molecular flexibility index (Phi) is 8.01. The fourth-order valence-corrected chi connectivity index (χ4v) is 2.18. The predicted molar refractivity (Wildman–Crippen MR) is 75.6 cm³/mol. The van der Waals surface area contributed by atoms with Crippen molar-refractivity contribution >= 4 is 5.91 Å². The third-order valence-corrected chi connectivity index (χ3v) is 3.38. The molecule has 2 N–H and O–H groups in total. The van der Waals surface area contributed by atoms with Gasteiger partial charge in [0.25, 0.3) is 0 Å². The SMILES string of the molecule is CC(C)CCNC(=O)CNCCN1CCCCC1. The molecular formula is C14H29N3O. The van der Waals surface area contributed by atoms with E-state index >= 15 is 0 Å². The maximum atomic E-state index is 11.5. The van der Waals surface area contributed by atoms with Crippen molar-refractivity contribution in [1.82, 2.24) is 15.5 Å². The van der Waals surface area contributed by atoms with Gasteiger partial charge in [0.15, 0.2) is 0 Å². The molecule has 1 heterocycles. The number of nitrogens with one attached hydrogen (secondary N) is 2. The van der Waals surface area contributed by atoms with Crippen LogP contribution in [0, 0.1) is 5.92 Å². The van der Waals surface area contributed by atoms with Crippen molar-refractivity contribution in [3.05, 3.63) is 0 Å². The maximum Gasteiger partial charge on any atom is 0.233 e. The summed E-state index contributed by atoms with van der Waals surface area (Å²) in [6, 6.07) is 0. The van der Waals surface area contributed by atoms with Crippen LogP contribution in [-0.2, 0) is 4.79 Å². The Hall–Kier alpha value is -0.610. The highest BCUT2D eigenvalue weighted by atomic mass is 16.1. The molecule has 18 heavy (non-hydrogen) atoms. The summed E-state index contributed by atoms with van der Waals surface area (Å²) in [7, 11) is 0. The second kappa shape index (κ2) is 9.34. The standard InChI is InChI=1S/C14H29N3O/c1-13(2)6-7-16-14(18)12-15-8-11-17-9-4-3-5-10-17/h13,15H,3-12H2,1-2H3,(H,16,18). The van der Waals surface area contributed by atoms with Gasteiger partial charge in [0.1, 0.15) is 0 Å². The van der Waals surface area contributed by atoms with Crippen LogP contribution in [0.15, 0.2) is 0 Å². The molecule has 1 fully saturated rings.